The molecule has 0 unspecified atom stereocenters. The number of aryl methyl sites for hydroxylation is 2. The summed E-state index contributed by atoms with van der Waals surface area (Å²) in [5.41, 5.74) is 2.67. The van der Waals surface area contributed by atoms with Crippen molar-refractivity contribution in [2.24, 2.45) is 0 Å². The van der Waals surface area contributed by atoms with Crippen LogP contribution in [0.15, 0.2) is 29.2 Å². The van der Waals surface area contributed by atoms with E-state index >= 15 is 0 Å². The monoisotopic (exact) mass is 340 g/mol. The van der Waals surface area contributed by atoms with Gasteiger partial charge in [0.1, 0.15) is 11.4 Å². The van der Waals surface area contributed by atoms with Gasteiger partial charge in [-0.15, -0.1) is 0 Å². The van der Waals surface area contributed by atoms with Crippen LogP contribution in [0.3, 0.4) is 0 Å². The van der Waals surface area contributed by atoms with Gasteiger partial charge in [0.15, 0.2) is 0 Å². The number of anilines is 1. The molecule has 0 aromatic carbocycles. The zero-order chi connectivity index (χ0) is 18.1. The molecule has 0 aliphatic carbocycles. The second-order valence-corrected chi connectivity index (χ2v) is 6.82. The van der Waals surface area contributed by atoms with Crippen molar-refractivity contribution in [2.75, 3.05) is 25.5 Å². The lowest BCUT2D eigenvalue weighted by atomic mass is 10.0. The fourth-order valence-corrected chi connectivity index (χ4v) is 3.28. The molecule has 0 bridgehead atoms. The normalized spacial score (nSPS) is 17.0. The van der Waals surface area contributed by atoms with Crippen molar-refractivity contribution < 1.29 is 4.79 Å². The third-order valence-electron chi connectivity index (χ3n) is 4.85. The van der Waals surface area contributed by atoms with Crippen LogP contribution >= 0.6 is 0 Å². The van der Waals surface area contributed by atoms with Gasteiger partial charge in [-0.3, -0.25) is 9.59 Å². The van der Waals surface area contributed by atoms with Crippen LogP contribution in [0.4, 0.5) is 5.82 Å². The molecule has 0 saturated carbocycles. The van der Waals surface area contributed by atoms with Gasteiger partial charge < -0.3 is 14.8 Å². The molecule has 1 aliphatic rings. The summed E-state index contributed by atoms with van der Waals surface area (Å²) in [6.07, 6.45) is 3.60. The van der Waals surface area contributed by atoms with E-state index in [-0.39, 0.29) is 23.1 Å². The number of carbonyl (C=O) groups excluding carboxylic acids is 1. The molecule has 25 heavy (non-hydrogen) atoms. The number of likely N-dealkylation sites (tertiary alicyclic amines) is 1. The van der Waals surface area contributed by atoms with Gasteiger partial charge in [0.05, 0.1) is 6.04 Å². The average molecular weight is 340 g/mol. The Kier molecular flexibility index (Phi) is 4.61. The molecule has 1 saturated heterocycles. The number of aromatic nitrogens is 2. The van der Waals surface area contributed by atoms with Gasteiger partial charge in [0, 0.05) is 32.5 Å². The SMILES string of the molecule is Cc1cc(C(=O)N2CCC[C@@H]2c2ccnc(N(C)C)c2)c(=O)[nH]c1C. The summed E-state index contributed by atoms with van der Waals surface area (Å²) in [6.45, 7) is 4.40. The topological polar surface area (TPSA) is 69.3 Å². The quantitative estimate of drug-likeness (QED) is 0.932. The molecule has 1 N–H and O–H groups in total. The van der Waals surface area contributed by atoms with E-state index in [1.54, 1.807) is 12.3 Å². The molecule has 6 heteroatoms. The second-order valence-electron chi connectivity index (χ2n) is 6.82. The maximum atomic E-state index is 13.0. The molecule has 3 heterocycles. The minimum absolute atomic E-state index is 0.0183. The number of hydrogen-bond donors (Lipinski definition) is 1. The largest absolute Gasteiger partial charge is 0.363 e. The Bertz CT molecular complexity index is 857. The highest BCUT2D eigenvalue weighted by molar-refractivity contribution is 5.94. The number of nitrogens with zero attached hydrogens (tertiary/aromatic N) is 3. The smallest absolute Gasteiger partial charge is 0.261 e. The van der Waals surface area contributed by atoms with Crippen molar-refractivity contribution >= 4 is 11.7 Å². The standard InChI is InChI=1S/C19H24N4O2/c1-12-10-15(18(24)21-13(12)2)19(25)23-9-5-6-16(23)14-7-8-20-17(11-14)22(3)4/h7-8,10-11,16H,5-6,9H2,1-4H3,(H,21,24)/t16-/m1/s1. The van der Waals surface area contributed by atoms with Gasteiger partial charge in [0.25, 0.3) is 11.5 Å². The van der Waals surface area contributed by atoms with Crippen LogP contribution in [-0.2, 0) is 0 Å². The summed E-state index contributed by atoms with van der Waals surface area (Å²) in [5.74, 6) is 0.663. The lowest BCUT2D eigenvalue weighted by Gasteiger charge is -2.26. The van der Waals surface area contributed by atoms with Crippen molar-refractivity contribution in [3.8, 4) is 0 Å². The van der Waals surface area contributed by atoms with Crippen LogP contribution in [0.1, 0.15) is 46.1 Å². The zero-order valence-corrected chi connectivity index (χ0v) is 15.2. The lowest BCUT2D eigenvalue weighted by Crippen LogP contribution is -2.34. The fourth-order valence-electron chi connectivity index (χ4n) is 3.28. The summed E-state index contributed by atoms with van der Waals surface area (Å²) in [6, 6.07) is 5.65. The maximum Gasteiger partial charge on any atom is 0.261 e. The minimum Gasteiger partial charge on any atom is -0.363 e. The van der Waals surface area contributed by atoms with Crippen molar-refractivity contribution in [2.45, 2.75) is 32.7 Å². The summed E-state index contributed by atoms with van der Waals surface area (Å²) >= 11 is 0. The van der Waals surface area contributed by atoms with Crippen LogP contribution < -0.4 is 10.5 Å². The van der Waals surface area contributed by atoms with E-state index in [1.165, 1.54) is 0 Å². The number of pyridine rings is 2. The lowest BCUT2D eigenvalue weighted by molar-refractivity contribution is 0.0733. The van der Waals surface area contributed by atoms with Crippen LogP contribution in [-0.4, -0.2) is 41.4 Å². The molecule has 1 atom stereocenters. The predicted octanol–water partition coefficient (Wildman–Crippen LogP) is 2.43. The summed E-state index contributed by atoms with van der Waals surface area (Å²) in [4.78, 5) is 36.1. The third kappa shape index (κ3) is 3.29. The van der Waals surface area contributed by atoms with Crippen LogP contribution in [0.5, 0.6) is 0 Å². The van der Waals surface area contributed by atoms with Crippen molar-refractivity contribution in [1.82, 2.24) is 14.9 Å². The molecule has 1 amide bonds. The van der Waals surface area contributed by atoms with E-state index in [2.05, 4.69) is 9.97 Å². The van der Waals surface area contributed by atoms with E-state index in [0.717, 1.165) is 35.5 Å². The molecular formula is C19H24N4O2. The molecule has 0 spiro atoms. The maximum absolute atomic E-state index is 13.0. The number of carbonyl (C=O) groups is 1. The number of aromatic amines is 1. The van der Waals surface area contributed by atoms with E-state index in [0.29, 0.717) is 6.54 Å². The van der Waals surface area contributed by atoms with Crippen molar-refractivity contribution in [3.05, 3.63) is 57.1 Å². The van der Waals surface area contributed by atoms with Crippen molar-refractivity contribution in [3.63, 3.8) is 0 Å². The molecule has 0 radical (unpaired) electrons. The number of amides is 1. The van der Waals surface area contributed by atoms with Gasteiger partial charge in [-0.05, 0) is 56.0 Å². The van der Waals surface area contributed by atoms with E-state index in [1.807, 2.05) is 49.9 Å². The average Bonchev–Trinajstić information content (AvgIpc) is 3.07. The molecule has 2 aromatic heterocycles. The molecule has 132 valence electrons. The van der Waals surface area contributed by atoms with Gasteiger partial charge >= 0.3 is 0 Å². The molecule has 1 aliphatic heterocycles. The Hall–Kier alpha value is -2.63. The fraction of sp³-hybridized carbons (Fsp3) is 0.421. The van der Waals surface area contributed by atoms with E-state index < -0.39 is 0 Å². The van der Waals surface area contributed by atoms with Gasteiger partial charge in [-0.1, -0.05) is 0 Å². The van der Waals surface area contributed by atoms with E-state index in [4.69, 9.17) is 0 Å². The highest BCUT2D eigenvalue weighted by atomic mass is 16.2. The Morgan fingerprint density at radius 1 is 1.32 bits per heavy atom. The first kappa shape index (κ1) is 17.2. The molecule has 6 nitrogen and oxygen atoms in total. The number of H-pyrrole nitrogens is 1. The highest BCUT2D eigenvalue weighted by Gasteiger charge is 2.32. The van der Waals surface area contributed by atoms with Gasteiger partial charge in [-0.2, -0.15) is 0 Å². The van der Waals surface area contributed by atoms with Gasteiger partial charge in [0.2, 0.25) is 0 Å². The number of nitrogens with one attached hydrogen (secondary N) is 1. The Labute approximate surface area is 147 Å². The first-order valence-corrected chi connectivity index (χ1v) is 8.53. The van der Waals surface area contributed by atoms with Crippen LogP contribution in [0.25, 0.3) is 0 Å². The molecule has 3 rings (SSSR count). The van der Waals surface area contributed by atoms with Crippen molar-refractivity contribution in [1.29, 1.82) is 0 Å². The summed E-state index contributed by atoms with van der Waals surface area (Å²) < 4.78 is 0. The molecule has 1 fully saturated rings. The Morgan fingerprint density at radius 3 is 2.80 bits per heavy atom. The van der Waals surface area contributed by atoms with Crippen LogP contribution in [0, 0.1) is 13.8 Å². The third-order valence-corrected chi connectivity index (χ3v) is 4.85. The summed E-state index contributed by atoms with van der Waals surface area (Å²) in [7, 11) is 3.89. The summed E-state index contributed by atoms with van der Waals surface area (Å²) in [5, 5.41) is 0. The second kappa shape index (κ2) is 6.70. The highest BCUT2D eigenvalue weighted by Crippen LogP contribution is 2.33. The number of rotatable bonds is 3. The first-order chi connectivity index (χ1) is 11.9. The predicted molar refractivity (Wildman–Crippen MR) is 98.1 cm³/mol. The Balaban J connectivity index is 1.94. The van der Waals surface area contributed by atoms with Crippen LogP contribution in [0.2, 0.25) is 0 Å². The molecular weight excluding hydrogens is 316 g/mol. The Morgan fingerprint density at radius 2 is 2.08 bits per heavy atom. The number of hydrogen-bond acceptors (Lipinski definition) is 4. The van der Waals surface area contributed by atoms with Gasteiger partial charge in [-0.25, -0.2) is 4.98 Å². The van der Waals surface area contributed by atoms with E-state index in [9.17, 15) is 9.59 Å². The zero-order valence-electron chi connectivity index (χ0n) is 15.2. The molecule has 2 aromatic rings. The minimum atomic E-state index is -0.317. The first-order valence-electron chi connectivity index (χ1n) is 8.53.